The summed E-state index contributed by atoms with van der Waals surface area (Å²) in [6, 6.07) is 6.97. The van der Waals surface area contributed by atoms with E-state index in [9.17, 15) is 0 Å². The third-order valence-electron chi connectivity index (χ3n) is 1.11. The van der Waals surface area contributed by atoms with Crippen LogP contribution in [0.4, 0.5) is 0 Å². The molecular formula is C10H10N2O. The Morgan fingerprint density at radius 3 is 2.08 bits per heavy atom. The van der Waals surface area contributed by atoms with Gasteiger partial charge in [0.15, 0.2) is 0 Å². The maximum absolute atomic E-state index is 4.97. The van der Waals surface area contributed by atoms with Gasteiger partial charge in [0.1, 0.15) is 0 Å². The zero-order valence-electron chi connectivity index (χ0n) is 7.08. The SMILES string of the molecule is c1ccocccncccnc1. The van der Waals surface area contributed by atoms with Gasteiger partial charge in [0.25, 0.3) is 0 Å². The van der Waals surface area contributed by atoms with Crippen molar-refractivity contribution in [1.82, 2.24) is 9.97 Å². The molecule has 1 rings (SSSR count). The van der Waals surface area contributed by atoms with Gasteiger partial charge in [-0.2, -0.15) is 0 Å². The molecule has 0 radical (unpaired) electrons. The van der Waals surface area contributed by atoms with Gasteiger partial charge in [0, 0.05) is 24.8 Å². The van der Waals surface area contributed by atoms with Crippen molar-refractivity contribution in [3.05, 3.63) is 61.6 Å². The monoisotopic (exact) mass is 174 g/mol. The number of hydrogen-bond donors (Lipinski definition) is 0. The Hall–Kier alpha value is -1.90. The lowest BCUT2D eigenvalue weighted by molar-refractivity contribution is 0.554. The summed E-state index contributed by atoms with van der Waals surface area (Å²) in [5.74, 6) is 0. The summed E-state index contributed by atoms with van der Waals surface area (Å²) in [6.07, 6.45) is 9.69. The molecule has 0 N–H and O–H groups in total. The predicted octanol–water partition coefficient (Wildman–Crippen LogP) is 2.32. The highest BCUT2D eigenvalue weighted by Gasteiger charge is 1.59. The van der Waals surface area contributed by atoms with Crippen LogP contribution in [-0.4, -0.2) is 9.97 Å². The summed E-state index contributed by atoms with van der Waals surface area (Å²) in [5.41, 5.74) is 0. The van der Waals surface area contributed by atoms with Crippen LogP contribution in [0.25, 0.3) is 0 Å². The van der Waals surface area contributed by atoms with Gasteiger partial charge in [-0.3, -0.25) is 9.97 Å². The average molecular weight is 174 g/mol. The van der Waals surface area contributed by atoms with Crippen LogP contribution in [0.3, 0.4) is 0 Å². The molecule has 0 aliphatic heterocycles. The van der Waals surface area contributed by atoms with Gasteiger partial charge in [-0.05, 0) is 24.3 Å². The van der Waals surface area contributed by atoms with E-state index in [2.05, 4.69) is 9.97 Å². The summed E-state index contributed by atoms with van der Waals surface area (Å²) in [6.45, 7) is 0. The molecule has 3 heteroatoms. The lowest BCUT2D eigenvalue weighted by Gasteiger charge is -1.68. The van der Waals surface area contributed by atoms with Crippen molar-refractivity contribution in [2.24, 2.45) is 0 Å². The molecule has 0 atom stereocenters. The van der Waals surface area contributed by atoms with E-state index < -0.39 is 0 Å². The molecule has 0 amide bonds. The van der Waals surface area contributed by atoms with Crippen LogP contribution in [0.15, 0.2) is 66.0 Å². The van der Waals surface area contributed by atoms with Gasteiger partial charge in [-0.25, -0.2) is 0 Å². The van der Waals surface area contributed by atoms with E-state index >= 15 is 0 Å². The number of aromatic nitrogens is 2. The van der Waals surface area contributed by atoms with Crippen LogP contribution < -0.4 is 0 Å². The molecule has 66 valence electrons. The molecule has 0 saturated carbocycles. The van der Waals surface area contributed by atoms with E-state index in [0.717, 1.165) is 0 Å². The Morgan fingerprint density at radius 1 is 0.615 bits per heavy atom. The van der Waals surface area contributed by atoms with Crippen molar-refractivity contribution in [2.45, 2.75) is 0 Å². The summed E-state index contributed by atoms with van der Waals surface area (Å²) >= 11 is 0. The minimum Gasteiger partial charge on any atom is -0.473 e. The third-order valence-corrected chi connectivity index (χ3v) is 1.11. The fourth-order valence-corrected chi connectivity index (χ4v) is 0.603. The second-order valence-electron chi connectivity index (χ2n) is 2.07. The molecule has 3 nitrogen and oxygen atoms in total. The molecule has 1 aromatic rings. The van der Waals surface area contributed by atoms with Crippen molar-refractivity contribution in [2.75, 3.05) is 0 Å². The first-order valence-electron chi connectivity index (χ1n) is 3.84. The molecular weight excluding hydrogens is 164 g/mol. The Bertz CT molecular complexity index is 207. The van der Waals surface area contributed by atoms with Crippen LogP contribution >= 0.6 is 0 Å². The van der Waals surface area contributed by atoms with E-state index in [1.165, 1.54) is 0 Å². The Morgan fingerprint density at radius 2 is 1.23 bits per heavy atom. The number of rotatable bonds is 0. The van der Waals surface area contributed by atoms with Gasteiger partial charge in [-0.15, -0.1) is 0 Å². The van der Waals surface area contributed by atoms with Crippen LogP contribution in [-0.2, 0) is 0 Å². The number of nitrogens with zero attached hydrogens (tertiary/aromatic N) is 2. The summed E-state index contributed by atoms with van der Waals surface area (Å²) in [4.78, 5) is 7.87. The highest BCUT2D eigenvalue weighted by atomic mass is 16.3. The van der Waals surface area contributed by atoms with Crippen molar-refractivity contribution in [3.63, 3.8) is 0 Å². The lowest BCUT2D eigenvalue weighted by atomic mass is 10.6. The van der Waals surface area contributed by atoms with E-state index in [1.54, 1.807) is 61.6 Å². The van der Waals surface area contributed by atoms with E-state index in [-0.39, 0.29) is 0 Å². The zero-order chi connectivity index (χ0) is 9.19. The summed E-state index contributed by atoms with van der Waals surface area (Å²) < 4.78 is 4.97. The van der Waals surface area contributed by atoms with E-state index in [1.807, 2.05) is 0 Å². The molecule has 0 unspecified atom stereocenters. The highest BCUT2D eigenvalue weighted by Crippen LogP contribution is 1.75. The number of hydrogen-bond acceptors (Lipinski definition) is 3. The molecule has 0 aliphatic rings. The van der Waals surface area contributed by atoms with Crippen molar-refractivity contribution in [1.29, 1.82) is 0 Å². The van der Waals surface area contributed by atoms with Gasteiger partial charge >= 0.3 is 0 Å². The molecule has 0 spiro atoms. The van der Waals surface area contributed by atoms with Crippen molar-refractivity contribution >= 4 is 0 Å². The normalized spacial score (nSPS) is 8.00. The zero-order valence-corrected chi connectivity index (χ0v) is 7.08. The molecule has 0 bridgehead atoms. The van der Waals surface area contributed by atoms with Crippen molar-refractivity contribution in [3.8, 4) is 0 Å². The topological polar surface area (TPSA) is 38.9 Å². The summed E-state index contributed by atoms with van der Waals surface area (Å²) in [7, 11) is 0. The quantitative estimate of drug-likeness (QED) is 0.605. The smallest absolute Gasteiger partial charge is 0.0916 e. The lowest BCUT2D eigenvalue weighted by Crippen LogP contribution is -1.57. The molecule has 0 aliphatic carbocycles. The van der Waals surface area contributed by atoms with Crippen LogP contribution in [0.1, 0.15) is 0 Å². The fraction of sp³-hybridized carbons (Fsp3) is 0. The minimum atomic E-state index is 1.54. The third kappa shape index (κ3) is 5.38. The van der Waals surface area contributed by atoms with E-state index in [4.69, 9.17) is 4.42 Å². The maximum Gasteiger partial charge on any atom is 0.0916 e. The molecule has 13 heavy (non-hydrogen) atoms. The van der Waals surface area contributed by atoms with E-state index in [0.29, 0.717) is 0 Å². The first-order valence-corrected chi connectivity index (χ1v) is 3.84. The predicted molar refractivity (Wildman–Crippen MR) is 49.6 cm³/mol. The van der Waals surface area contributed by atoms with Crippen molar-refractivity contribution < 1.29 is 4.42 Å². The molecule has 0 saturated heterocycles. The largest absolute Gasteiger partial charge is 0.473 e. The fourth-order valence-electron chi connectivity index (χ4n) is 0.603. The van der Waals surface area contributed by atoms with Gasteiger partial charge in [0.2, 0.25) is 0 Å². The maximum atomic E-state index is 4.97. The standard InChI is InChI=1S/C10H10N2O/c1-2-9-13-10-4-8-12-7-3-6-11-5-1/h1-10H. The first-order chi connectivity index (χ1) is 6.50. The second-order valence-corrected chi connectivity index (χ2v) is 2.07. The van der Waals surface area contributed by atoms with Crippen LogP contribution in [0.2, 0.25) is 0 Å². The van der Waals surface area contributed by atoms with Gasteiger partial charge < -0.3 is 4.42 Å². The van der Waals surface area contributed by atoms with Gasteiger partial charge in [0.05, 0.1) is 12.5 Å². The molecule has 1 aromatic heterocycles. The van der Waals surface area contributed by atoms with Crippen LogP contribution in [0, 0.1) is 0 Å². The Balaban J connectivity index is 3.02. The van der Waals surface area contributed by atoms with Gasteiger partial charge in [-0.1, -0.05) is 0 Å². The summed E-state index contributed by atoms with van der Waals surface area (Å²) in [5, 5.41) is 0. The first kappa shape index (κ1) is 9.19. The molecule has 1 heterocycles. The molecule has 0 aromatic carbocycles. The Kier molecular flexibility index (Phi) is 4.80. The Labute approximate surface area is 76.7 Å². The average Bonchev–Trinajstić information content (AvgIpc) is 2.18. The molecule has 0 fully saturated rings. The second kappa shape index (κ2) is 6.79. The minimum absolute atomic E-state index is 1.54. The van der Waals surface area contributed by atoms with Crippen LogP contribution in [0.5, 0.6) is 0 Å². The highest BCUT2D eigenvalue weighted by molar-refractivity contribution is 4.80.